The van der Waals surface area contributed by atoms with Crippen LogP contribution in [0.4, 0.5) is 0 Å². The van der Waals surface area contributed by atoms with Crippen LogP contribution in [-0.4, -0.2) is 13.1 Å². The van der Waals surface area contributed by atoms with Gasteiger partial charge in [-0.3, -0.25) is 4.79 Å². The Balaban J connectivity index is 2.88. The highest BCUT2D eigenvalue weighted by molar-refractivity contribution is 5.77. The van der Waals surface area contributed by atoms with E-state index in [1.165, 1.54) is 7.11 Å². The van der Waals surface area contributed by atoms with Gasteiger partial charge in [0, 0.05) is 0 Å². The van der Waals surface area contributed by atoms with Crippen molar-refractivity contribution in [1.82, 2.24) is 0 Å². The predicted molar refractivity (Wildman–Crippen MR) is 51.6 cm³/mol. The first-order valence-corrected chi connectivity index (χ1v) is 4.29. The summed E-state index contributed by atoms with van der Waals surface area (Å²) in [6.07, 6.45) is 0. The number of carbonyl (C=O) groups is 1. The van der Waals surface area contributed by atoms with Gasteiger partial charge in [-0.2, -0.15) is 0 Å². The van der Waals surface area contributed by atoms with E-state index in [4.69, 9.17) is 0 Å². The molecule has 0 aliphatic carbocycles. The summed E-state index contributed by atoms with van der Waals surface area (Å²) in [5, 5.41) is 0. The fourth-order valence-electron chi connectivity index (χ4n) is 1.25. The van der Waals surface area contributed by atoms with Gasteiger partial charge in [0.2, 0.25) is 0 Å². The Morgan fingerprint density at radius 3 is 2.69 bits per heavy atom. The minimum Gasteiger partial charge on any atom is -0.469 e. The zero-order valence-corrected chi connectivity index (χ0v) is 8.20. The van der Waals surface area contributed by atoms with Crippen molar-refractivity contribution in [3.8, 4) is 0 Å². The number of rotatable bonds is 2. The van der Waals surface area contributed by atoms with Crippen molar-refractivity contribution in [3.05, 3.63) is 35.4 Å². The minimum absolute atomic E-state index is 0.176. The number of methoxy groups -OCH3 is 1. The topological polar surface area (TPSA) is 26.3 Å². The van der Waals surface area contributed by atoms with Gasteiger partial charge in [0.25, 0.3) is 0 Å². The van der Waals surface area contributed by atoms with Crippen LogP contribution in [0.5, 0.6) is 0 Å². The molecule has 0 N–H and O–H groups in total. The van der Waals surface area contributed by atoms with Crippen LogP contribution >= 0.6 is 0 Å². The van der Waals surface area contributed by atoms with E-state index in [9.17, 15) is 4.79 Å². The first kappa shape index (κ1) is 9.78. The van der Waals surface area contributed by atoms with Crippen LogP contribution in [0.2, 0.25) is 0 Å². The second-order valence-electron chi connectivity index (χ2n) is 3.16. The molecule has 13 heavy (non-hydrogen) atoms. The summed E-state index contributed by atoms with van der Waals surface area (Å²) in [7, 11) is 1.41. The standard InChI is InChI=1S/C11H14O2/c1-8-5-4-6-10(7-8)9(2)11(12)13-3/h4-7,9H,1-3H3/t9-/m1/s1. The lowest BCUT2D eigenvalue weighted by atomic mass is 10.00. The Morgan fingerprint density at radius 2 is 2.15 bits per heavy atom. The molecular weight excluding hydrogens is 164 g/mol. The van der Waals surface area contributed by atoms with E-state index in [1.54, 1.807) is 0 Å². The molecule has 0 amide bonds. The lowest BCUT2D eigenvalue weighted by molar-refractivity contribution is -0.141. The van der Waals surface area contributed by atoms with Crippen molar-refractivity contribution in [1.29, 1.82) is 0 Å². The second kappa shape index (κ2) is 4.08. The van der Waals surface area contributed by atoms with Crippen molar-refractivity contribution in [2.45, 2.75) is 19.8 Å². The smallest absolute Gasteiger partial charge is 0.312 e. The first-order chi connectivity index (χ1) is 6.15. The molecule has 1 atom stereocenters. The van der Waals surface area contributed by atoms with E-state index in [1.807, 2.05) is 38.1 Å². The Kier molecular flexibility index (Phi) is 3.07. The summed E-state index contributed by atoms with van der Waals surface area (Å²) in [6, 6.07) is 7.90. The van der Waals surface area contributed by atoms with Gasteiger partial charge >= 0.3 is 5.97 Å². The Labute approximate surface area is 78.5 Å². The molecule has 0 saturated heterocycles. The van der Waals surface area contributed by atoms with Crippen LogP contribution < -0.4 is 0 Å². The average molecular weight is 178 g/mol. The highest BCUT2D eigenvalue weighted by Gasteiger charge is 2.14. The fourth-order valence-corrected chi connectivity index (χ4v) is 1.25. The molecule has 0 unspecified atom stereocenters. The largest absolute Gasteiger partial charge is 0.469 e. The van der Waals surface area contributed by atoms with Crippen molar-refractivity contribution in [3.63, 3.8) is 0 Å². The lowest BCUT2D eigenvalue weighted by Crippen LogP contribution is -2.10. The quantitative estimate of drug-likeness (QED) is 0.649. The predicted octanol–water partition coefficient (Wildman–Crippen LogP) is 2.27. The maximum atomic E-state index is 11.2. The molecular formula is C11H14O2. The maximum Gasteiger partial charge on any atom is 0.312 e. The third kappa shape index (κ3) is 2.31. The second-order valence-corrected chi connectivity index (χ2v) is 3.16. The highest BCUT2D eigenvalue weighted by Crippen LogP contribution is 2.17. The van der Waals surface area contributed by atoms with Gasteiger partial charge < -0.3 is 4.74 Å². The molecule has 0 aromatic heterocycles. The van der Waals surface area contributed by atoms with Crippen LogP contribution in [0.1, 0.15) is 24.0 Å². The fraction of sp³-hybridized carbons (Fsp3) is 0.364. The van der Waals surface area contributed by atoms with Crippen LogP contribution in [-0.2, 0) is 9.53 Å². The summed E-state index contributed by atoms with van der Waals surface area (Å²) in [6.45, 7) is 3.86. The Morgan fingerprint density at radius 1 is 1.46 bits per heavy atom. The summed E-state index contributed by atoms with van der Waals surface area (Å²) < 4.78 is 4.67. The zero-order valence-electron chi connectivity index (χ0n) is 8.20. The molecule has 0 fully saturated rings. The van der Waals surface area contributed by atoms with Gasteiger partial charge in [-0.05, 0) is 19.4 Å². The van der Waals surface area contributed by atoms with E-state index < -0.39 is 0 Å². The zero-order chi connectivity index (χ0) is 9.84. The van der Waals surface area contributed by atoms with Crippen molar-refractivity contribution in [2.75, 3.05) is 7.11 Å². The summed E-state index contributed by atoms with van der Waals surface area (Å²) in [5.74, 6) is -0.365. The summed E-state index contributed by atoms with van der Waals surface area (Å²) in [5.41, 5.74) is 2.17. The number of carbonyl (C=O) groups excluding carboxylic acids is 1. The molecule has 1 rings (SSSR count). The summed E-state index contributed by atoms with van der Waals surface area (Å²) in [4.78, 5) is 11.2. The molecule has 0 aliphatic rings. The van der Waals surface area contributed by atoms with E-state index in [-0.39, 0.29) is 11.9 Å². The number of benzene rings is 1. The van der Waals surface area contributed by atoms with Crippen LogP contribution in [0.25, 0.3) is 0 Å². The highest BCUT2D eigenvalue weighted by atomic mass is 16.5. The number of hydrogen-bond donors (Lipinski definition) is 0. The molecule has 1 aromatic carbocycles. The Hall–Kier alpha value is -1.31. The van der Waals surface area contributed by atoms with Crippen molar-refractivity contribution < 1.29 is 9.53 Å². The monoisotopic (exact) mass is 178 g/mol. The van der Waals surface area contributed by atoms with Gasteiger partial charge in [-0.15, -0.1) is 0 Å². The molecule has 2 heteroatoms. The summed E-state index contributed by atoms with van der Waals surface area (Å²) >= 11 is 0. The number of aryl methyl sites for hydroxylation is 1. The van der Waals surface area contributed by atoms with Crippen LogP contribution in [0.15, 0.2) is 24.3 Å². The van der Waals surface area contributed by atoms with Gasteiger partial charge in [0.05, 0.1) is 13.0 Å². The molecule has 0 aliphatic heterocycles. The van der Waals surface area contributed by atoms with Gasteiger partial charge in [0.1, 0.15) is 0 Å². The van der Waals surface area contributed by atoms with Gasteiger partial charge in [-0.1, -0.05) is 29.8 Å². The van der Waals surface area contributed by atoms with Crippen LogP contribution in [0, 0.1) is 6.92 Å². The molecule has 0 spiro atoms. The molecule has 0 bridgehead atoms. The van der Waals surface area contributed by atoms with E-state index in [0.29, 0.717) is 0 Å². The molecule has 0 radical (unpaired) electrons. The number of ether oxygens (including phenoxy) is 1. The third-order valence-electron chi connectivity index (χ3n) is 2.10. The average Bonchev–Trinajstić information content (AvgIpc) is 2.15. The minimum atomic E-state index is -0.189. The lowest BCUT2D eigenvalue weighted by Gasteiger charge is -2.09. The molecule has 2 nitrogen and oxygen atoms in total. The Bertz CT molecular complexity index is 305. The van der Waals surface area contributed by atoms with Gasteiger partial charge in [-0.25, -0.2) is 0 Å². The third-order valence-corrected chi connectivity index (χ3v) is 2.10. The molecule has 0 saturated carbocycles. The van der Waals surface area contributed by atoms with Gasteiger partial charge in [0.15, 0.2) is 0 Å². The normalized spacial score (nSPS) is 12.2. The van der Waals surface area contributed by atoms with E-state index in [0.717, 1.165) is 11.1 Å². The van der Waals surface area contributed by atoms with Crippen molar-refractivity contribution in [2.24, 2.45) is 0 Å². The van der Waals surface area contributed by atoms with E-state index >= 15 is 0 Å². The SMILES string of the molecule is COC(=O)[C@H](C)c1cccc(C)c1. The number of esters is 1. The van der Waals surface area contributed by atoms with Crippen LogP contribution in [0.3, 0.4) is 0 Å². The van der Waals surface area contributed by atoms with E-state index in [2.05, 4.69) is 4.74 Å². The van der Waals surface area contributed by atoms with Crippen molar-refractivity contribution >= 4 is 5.97 Å². The molecule has 0 heterocycles. The number of hydrogen-bond acceptors (Lipinski definition) is 2. The maximum absolute atomic E-state index is 11.2. The molecule has 1 aromatic rings. The first-order valence-electron chi connectivity index (χ1n) is 4.29. The molecule has 70 valence electrons.